The fourth-order valence-corrected chi connectivity index (χ4v) is 4.76. The summed E-state index contributed by atoms with van der Waals surface area (Å²) in [6.45, 7) is 2.21. The zero-order chi connectivity index (χ0) is 25.8. The standard InChI is InChI=1S/C15H28O17S2/c1-4-7-11(30-33(19,20)21)6(2)9(16)14(27-7)29-12-8(5-26-32-18)28-15(25-3)13(10(12)17)31-34(22,23)24/h6-18H,4-5H2,1-3H3,(H,19,20,21)(H,22,23,24)/p-3/t6-,7?,8?,9?,10+,11-,12+,13?,14+,15-/m1/s1. The molecule has 19 heteroatoms. The fraction of sp³-hybridized carbons (Fsp3) is 1.00. The van der Waals surface area contributed by atoms with Gasteiger partial charge in [0, 0.05) is 13.0 Å². The van der Waals surface area contributed by atoms with Crippen molar-refractivity contribution in [3.8, 4) is 0 Å². The highest BCUT2D eigenvalue weighted by molar-refractivity contribution is 7.81. The maximum absolute atomic E-state index is 11.1. The number of aliphatic hydroxyl groups is 2. The molecule has 2 aliphatic heterocycles. The second-order valence-electron chi connectivity index (χ2n) is 7.46. The molecular formula is C15H25O17S2-3. The number of hydrogen-bond acceptors (Lipinski definition) is 17. The molecule has 0 radical (unpaired) electrons. The lowest BCUT2D eigenvalue weighted by atomic mass is 9.89. The topological polar surface area (TPSA) is 252 Å². The van der Waals surface area contributed by atoms with Crippen LogP contribution in [-0.2, 0) is 58.0 Å². The summed E-state index contributed by atoms with van der Waals surface area (Å²) >= 11 is 0. The van der Waals surface area contributed by atoms with Crippen LogP contribution < -0.4 is 5.26 Å². The van der Waals surface area contributed by atoms with Crippen LogP contribution in [0.3, 0.4) is 0 Å². The second kappa shape index (κ2) is 12.1. The molecule has 2 N–H and O–H groups in total. The molecule has 2 aliphatic rings. The van der Waals surface area contributed by atoms with Crippen molar-refractivity contribution in [2.75, 3.05) is 13.7 Å². The summed E-state index contributed by atoms with van der Waals surface area (Å²) in [6.07, 6.45) is -14.2. The van der Waals surface area contributed by atoms with Crippen molar-refractivity contribution >= 4 is 20.8 Å². The molecule has 0 aromatic rings. The largest absolute Gasteiger partial charge is 0.726 e. The molecule has 0 aliphatic carbocycles. The summed E-state index contributed by atoms with van der Waals surface area (Å²) in [5, 5.41) is 34.8. The van der Waals surface area contributed by atoms with Crippen molar-refractivity contribution < 1.29 is 78.7 Å². The minimum Gasteiger partial charge on any atom is -0.726 e. The first kappa shape index (κ1) is 29.6. The summed E-state index contributed by atoms with van der Waals surface area (Å²) < 4.78 is 96.6. The Labute approximate surface area is 195 Å². The van der Waals surface area contributed by atoms with E-state index in [9.17, 15) is 41.4 Å². The zero-order valence-corrected chi connectivity index (χ0v) is 19.7. The van der Waals surface area contributed by atoms with Crippen molar-refractivity contribution in [1.29, 1.82) is 0 Å². The second-order valence-corrected chi connectivity index (χ2v) is 9.48. The number of aliphatic hydroxyl groups excluding tert-OH is 2. The van der Waals surface area contributed by atoms with Gasteiger partial charge in [-0.3, -0.25) is 13.4 Å². The minimum atomic E-state index is -5.36. The quantitative estimate of drug-likeness (QED) is 0.110. The molecule has 10 atom stereocenters. The van der Waals surface area contributed by atoms with Gasteiger partial charge in [0.2, 0.25) is 20.8 Å². The first-order valence-electron chi connectivity index (χ1n) is 9.77. The van der Waals surface area contributed by atoms with Crippen LogP contribution in [0.4, 0.5) is 0 Å². The van der Waals surface area contributed by atoms with Crippen molar-refractivity contribution in [2.24, 2.45) is 5.92 Å². The Balaban J connectivity index is 2.30. The number of ether oxygens (including phenoxy) is 4. The van der Waals surface area contributed by atoms with Gasteiger partial charge in [0.15, 0.2) is 18.7 Å². The minimum absolute atomic E-state index is 0.100. The monoisotopic (exact) mass is 541 g/mol. The van der Waals surface area contributed by atoms with Crippen molar-refractivity contribution in [1.82, 2.24) is 0 Å². The molecule has 2 saturated heterocycles. The highest BCUT2D eigenvalue weighted by Crippen LogP contribution is 2.35. The van der Waals surface area contributed by atoms with Gasteiger partial charge in [-0.2, -0.15) is 0 Å². The lowest BCUT2D eigenvalue weighted by Crippen LogP contribution is -2.64. The number of hydrogen-bond donors (Lipinski definition) is 2. The van der Waals surface area contributed by atoms with Crippen LogP contribution in [0.1, 0.15) is 20.3 Å². The Hall–Kier alpha value is -0.620. The first-order chi connectivity index (χ1) is 15.7. The van der Waals surface area contributed by atoms with Gasteiger partial charge in [0.25, 0.3) is 0 Å². The Bertz CT molecular complexity index is 847. The lowest BCUT2D eigenvalue weighted by Gasteiger charge is -2.47. The summed E-state index contributed by atoms with van der Waals surface area (Å²) in [4.78, 5) is 4.26. The summed E-state index contributed by atoms with van der Waals surface area (Å²) in [5.41, 5.74) is 0. The van der Waals surface area contributed by atoms with E-state index in [1.807, 2.05) is 0 Å². The van der Waals surface area contributed by atoms with Gasteiger partial charge in [-0.15, -0.1) is 0 Å². The average Bonchev–Trinajstić information content (AvgIpc) is 2.73. The summed E-state index contributed by atoms with van der Waals surface area (Å²) in [6, 6.07) is 0. The van der Waals surface area contributed by atoms with E-state index in [-0.39, 0.29) is 6.42 Å². The maximum atomic E-state index is 11.1. The Kier molecular flexibility index (Phi) is 10.5. The van der Waals surface area contributed by atoms with Crippen LogP contribution >= 0.6 is 0 Å². The molecule has 0 aromatic carbocycles. The molecule has 4 unspecified atom stereocenters. The maximum Gasteiger partial charge on any atom is 0.218 e. The molecule has 0 bridgehead atoms. The molecule has 2 rings (SSSR count). The summed E-state index contributed by atoms with van der Waals surface area (Å²) in [5.74, 6) is -1.05. The Morgan fingerprint density at radius 3 is 1.94 bits per heavy atom. The molecule has 17 nitrogen and oxygen atoms in total. The lowest BCUT2D eigenvalue weighted by molar-refractivity contribution is -0.801. The third-order valence-electron chi connectivity index (χ3n) is 5.29. The Morgan fingerprint density at radius 1 is 0.882 bits per heavy atom. The number of rotatable bonds is 11. The Morgan fingerprint density at radius 2 is 1.44 bits per heavy atom. The van der Waals surface area contributed by atoms with Gasteiger partial charge in [0.05, 0.1) is 6.10 Å². The van der Waals surface area contributed by atoms with Crippen LogP contribution in [0.5, 0.6) is 0 Å². The molecule has 0 spiro atoms. The molecule has 2 heterocycles. The predicted octanol–water partition coefficient (Wildman–Crippen LogP) is -3.85. The van der Waals surface area contributed by atoms with E-state index in [0.717, 1.165) is 7.11 Å². The third kappa shape index (κ3) is 7.69. The van der Waals surface area contributed by atoms with Gasteiger partial charge in [0.1, 0.15) is 37.1 Å². The molecule has 0 saturated carbocycles. The van der Waals surface area contributed by atoms with Crippen molar-refractivity contribution in [3.05, 3.63) is 0 Å². The first-order valence-corrected chi connectivity index (χ1v) is 12.4. The SMILES string of the molecule is CCC1O[C@@H](O[C@H]2C(COO[O-])O[C@@H](OC)C(OS(=O)(=O)[O-])[C@H]2O)C(O)[C@@H](C)[C@H]1OS(=O)(=O)[O-]. The van der Waals surface area contributed by atoms with E-state index in [1.54, 1.807) is 6.92 Å². The van der Waals surface area contributed by atoms with E-state index >= 15 is 0 Å². The average molecular weight is 541 g/mol. The molecule has 34 heavy (non-hydrogen) atoms. The highest BCUT2D eigenvalue weighted by Gasteiger charge is 2.52. The van der Waals surface area contributed by atoms with Crippen molar-refractivity contribution in [2.45, 2.75) is 75.6 Å². The van der Waals surface area contributed by atoms with E-state index in [0.29, 0.717) is 0 Å². The smallest absolute Gasteiger partial charge is 0.218 e. The molecular weight excluding hydrogens is 516 g/mol. The summed E-state index contributed by atoms with van der Waals surface area (Å²) in [7, 11) is -9.47. The molecule has 0 aromatic heterocycles. The van der Waals surface area contributed by atoms with Crippen LogP contribution in [0.25, 0.3) is 0 Å². The molecule has 202 valence electrons. The van der Waals surface area contributed by atoms with E-state index in [4.69, 9.17) is 18.9 Å². The van der Waals surface area contributed by atoms with Crippen LogP contribution in [0.15, 0.2) is 0 Å². The van der Waals surface area contributed by atoms with Crippen molar-refractivity contribution in [3.63, 3.8) is 0 Å². The molecule has 0 amide bonds. The molecule has 2 fully saturated rings. The van der Waals surface area contributed by atoms with Gasteiger partial charge < -0.3 is 43.5 Å². The van der Waals surface area contributed by atoms with Gasteiger partial charge >= 0.3 is 0 Å². The van der Waals surface area contributed by atoms with Gasteiger partial charge in [-0.1, -0.05) is 13.8 Å². The van der Waals surface area contributed by atoms with E-state index < -0.39 is 88.6 Å². The predicted molar refractivity (Wildman–Crippen MR) is 96.9 cm³/mol. The third-order valence-corrected chi connectivity index (χ3v) is 6.21. The zero-order valence-electron chi connectivity index (χ0n) is 18.0. The van der Waals surface area contributed by atoms with Gasteiger partial charge in [-0.05, 0) is 6.42 Å². The fourth-order valence-electron chi connectivity index (χ4n) is 3.71. The van der Waals surface area contributed by atoms with E-state index in [1.165, 1.54) is 6.92 Å². The normalized spacial score (nSPS) is 39.8. The van der Waals surface area contributed by atoms with Crippen LogP contribution in [0, 0.1) is 5.92 Å². The highest BCUT2D eigenvalue weighted by atomic mass is 32.3. The van der Waals surface area contributed by atoms with Gasteiger partial charge in [-0.25, -0.2) is 21.7 Å². The van der Waals surface area contributed by atoms with Crippen LogP contribution in [0.2, 0.25) is 0 Å². The van der Waals surface area contributed by atoms with E-state index in [2.05, 4.69) is 18.3 Å². The number of methoxy groups -OCH3 is 1. The van der Waals surface area contributed by atoms with Crippen LogP contribution in [-0.4, -0.2) is 105 Å².